The van der Waals surface area contributed by atoms with E-state index >= 15 is 0 Å². The van der Waals surface area contributed by atoms with E-state index in [2.05, 4.69) is 25.9 Å². The van der Waals surface area contributed by atoms with Crippen molar-refractivity contribution >= 4 is 57.2 Å². The molecule has 1 atom stereocenters. The first kappa shape index (κ1) is 38.6. The molecular formula is C40H40ClN5O6S2. The second-order valence-electron chi connectivity index (χ2n) is 12.9. The normalized spacial score (nSPS) is 15.3. The Labute approximate surface area is 325 Å². The Balaban J connectivity index is 0.00000497. The lowest BCUT2D eigenvalue weighted by Gasteiger charge is -2.46. The number of rotatable bonds is 13. The van der Waals surface area contributed by atoms with E-state index in [0.29, 0.717) is 18.3 Å². The van der Waals surface area contributed by atoms with Crippen LogP contribution < -0.4 is 19.7 Å². The SMILES string of the molecule is Cl.O=C(NS(=O)(=O)c1ccc(NCCSc2ccccc2)c([N+](=O)[O-])c1)c1ccc2c(c1)CC[C@@H]1CN(Cc3ccccc3Oc3ccccc3)CCN21. The number of halogens is 1. The van der Waals surface area contributed by atoms with Crippen molar-refractivity contribution in [1.29, 1.82) is 0 Å². The van der Waals surface area contributed by atoms with Crippen LogP contribution in [-0.2, 0) is 23.0 Å². The van der Waals surface area contributed by atoms with Gasteiger partial charge in [-0.2, -0.15) is 0 Å². The number of nitro groups is 1. The van der Waals surface area contributed by atoms with Gasteiger partial charge in [0.15, 0.2) is 0 Å². The van der Waals surface area contributed by atoms with E-state index in [9.17, 15) is 23.3 Å². The molecule has 14 heteroatoms. The number of sulfonamides is 1. The van der Waals surface area contributed by atoms with Crippen molar-refractivity contribution in [3.8, 4) is 11.5 Å². The number of amides is 1. The molecule has 7 rings (SSSR count). The highest BCUT2D eigenvalue weighted by Crippen LogP contribution is 2.35. The molecule has 2 aliphatic heterocycles. The number of hydrogen-bond acceptors (Lipinski definition) is 10. The molecule has 5 aromatic rings. The molecule has 0 aromatic heterocycles. The maximum Gasteiger partial charge on any atom is 0.293 e. The number of hydrogen-bond donors (Lipinski definition) is 2. The van der Waals surface area contributed by atoms with Gasteiger partial charge in [0.25, 0.3) is 21.6 Å². The lowest BCUT2D eigenvalue weighted by Crippen LogP contribution is -2.54. The smallest absolute Gasteiger partial charge is 0.293 e. The molecular weight excluding hydrogens is 746 g/mol. The minimum Gasteiger partial charge on any atom is -0.457 e. The topological polar surface area (TPSA) is 134 Å². The third-order valence-electron chi connectivity index (χ3n) is 9.44. The number of anilines is 2. The highest BCUT2D eigenvalue weighted by atomic mass is 35.5. The Hall–Kier alpha value is -5.08. The predicted octanol–water partition coefficient (Wildman–Crippen LogP) is 7.77. The maximum atomic E-state index is 13.3. The molecule has 0 saturated carbocycles. The summed E-state index contributed by atoms with van der Waals surface area (Å²) in [5.74, 6) is 1.50. The van der Waals surface area contributed by atoms with Crippen LogP contribution in [0.25, 0.3) is 0 Å². The van der Waals surface area contributed by atoms with Crippen LogP contribution in [0.2, 0.25) is 0 Å². The third-order valence-corrected chi connectivity index (χ3v) is 11.8. The summed E-state index contributed by atoms with van der Waals surface area (Å²) in [6, 6.07) is 36.8. The van der Waals surface area contributed by atoms with E-state index in [-0.39, 0.29) is 28.6 Å². The predicted molar refractivity (Wildman–Crippen MR) is 215 cm³/mol. The van der Waals surface area contributed by atoms with Crippen molar-refractivity contribution in [2.24, 2.45) is 0 Å². The summed E-state index contributed by atoms with van der Waals surface area (Å²) in [6.07, 6.45) is 1.64. The standard InChI is InChI=1S/C40H39N5O6S2.ClH/c46-40(42-53(49,50)35-18-19-36(38(26-35)45(47)48)41-21-24-52-34-12-5-2-6-13-34)30-16-20-37-29(25-30)15-17-32-28-43(22-23-44(32)37)27-31-9-7-8-14-39(31)51-33-10-3-1-4-11-33;/h1-14,16,18-20,25-26,32,41H,15,17,21-24,27-28H2,(H,42,46);1H/t32-;/m1./s1. The van der Waals surface area contributed by atoms with Gasteiger partial charge >= 0.3 is 0 Å². The zero-order valence-electron chi connectivity index (χ0n) is 29.3. The molecule has 54 heavy (non-hydrogen) atoms. The number of carbonyl (C=O) groups is 1. The van der Waals surface area contributed by atoms with Crippen molar-refractivity contribution in [1.82, 2.24) is 9.62 Å². The summed E-state index contributed by atoms with van der Waals surface area (Å²) in [7, 11) is -4.40. The molecule has 11 nitrogen and oxygen atoms in total. The van der Waals surface area contributed by atoms with Crippen molar-refractivity contribution in [2.45, 2.75) is 35.2 Å². The first-order valence-electron chi connectivity index (χ1n) is 17.4. The van der Waals surface area contributed by atoms with Crippen LogP contribution in [0.4, 0.5) is 17.1 Å². The van der Waals surface area contributed by atoms with E-state index in [4.69, 9.17) is 4.74 Å². The molecule has 2 aliphatic rings. The van der Waals surface area contributed by atoms with Crippen molar-refractivity contribution in [3.63, 3.8) is 0 Å². The fourth-order valence-corrected chi connectivity index (χ4v) is 8.62. The Kier molecular flexibility index (Phi) is 12.4. The van der Waals surface area contributed by atoms with Crippen molar-refractivity contribution in [3.05, 3.63) is 148 Å². The van der Waals surface area contributed by atoms with E-state index in [1.807, 2.05) is 84.9 Å². The molecule has 1 amide bonds. The molecule has 280 valence electrons. The van der Waals surface area contributed by atoms with Crippen LogP contribution in [0, 0.1) is 10.1 Å². The Bertz CT molecular complexity index is 2210. The zero-order valence-corrected chi connectivity index (χ0v) is 31.7. The quantitative estimate of drug-likeness (QED) is 0.0528. The van der Waals surface area contributed by atoms with Gasteiger partial charge < -0.3 is 15.0 Å². The fourth-order valence-electron chi connectivity index (χ4n) is 6.84. The monoisotopic (exact) mass is 785 g/mol. The fraction of sp³-hybridized carbons (Fsp3) is 0.225. The van der Waals surface area contributed by atoms with E-state index in [1.54, 1.807) is 23.9 Å². The number of fused-ring (bicyclic) bond motifs is 3. The van der Waals surface area contributed by atoms with Crippen LogP contribution in [0.1, 0.15) is 27.9 Å². The number of benzene rings is 5. The average Bonchev–Trinajstić information content (AvgIpc) is 3.17. The lowest BCUT2D eigenvalue weighted by molar-refractivity contribution is -0.384. The zero-order chi connectivity index (χ0) is 36.8. The van der Waals surface area contributed by atoms with E-state index in [0.717, 1.165) is 78.3 Å². The molecule has 0 spiro atoms. The number of nitrogens with one attached hydrogen (secondary N) is 2. The van der Waals surface area contributed by atoms with Gasteiger partial charge in [-0.3, -0.25) is 19.8 Å². The lowest BCUT2D eigenvalue weighted by atomic mass is 9.92. The van der Waals surface area contributed by atoms with E-state index < -0.39 is 26.5 Å². The second kappa shape index (κ2) is 17.4. The summed E-state index contributed by atoms with van der Waals surface area (Å²) in [5.41, 5.74) is 3.18. The first-order valence-corrected chi connectivity index (χ1v) is 19.9. The Morgan fingerprint density at radius 1 is 0.907 bits per heavy atom. The number of carbonyl (C=O) groups excluding carboxylic acids is 1. The molecule has 0 bridgehead atoms. The van der Waals surface area contributed by atoms with Gasteiger partial charge in [0.2, 0.25) is 0 Å². The molecule has 5 aromatic carbocycles. The number of para-hydroxylation sites is 2. The molecule has 1 saturated heterocycles. The largest absolute Gasteiger partial charge is 0.457 e. The third kappa shape index (κ3) is 9.16. The number of ether oxygens (including phenoxy) is 1. The second-order valence-corrected chi connectivity index (χ2v) is 15.8. The van der Waals surface area contributed by atoms with Gasteiger partial charge in [-0.15, -0.1) is 24.2 Å². The molecule has 0 unspecified atom stereocenters. The summed E-state index contributed by atoms with van der Waals surface area (Å²) in [4.78, 5) is 30.1. The van der Waals surface area contributed by atoms with Crippen LogP contribution in [-0.4, -0.2) is 62.1 Å². The summed E-state index contributed by atoms with van der Waals surface area (Å²) < 4.78 is 34.9. The summed E-state index contributed by atoms with van der Waals surface area (Å²) >= 11 is 1.60. The minimum atomic E-state index is -4.40. The molecule has 0 radical (unpaired) electrons. The summed E-state index contributed by atoms with van der Waals surface area (Å²) in [6.45, 7) is 3.74. The van der Waals surface area contributed by atoms with Gasteiger partial charge in [0, 0.05) is 72.3 Å². The van der Waals surface area contributed by atoms with E-state index in [1.165, 1.54) is 12.1 Å². The van der Waals surface area contributed by atoms with Gasteiger partial charge in [0.05, 0.1) is 9.82 Å². The number of piperazine rings is 1. The molecule has 2 N–H and O–H groups in total. The minimum absolute atomic E-state index is 0. The summed E-state index contributed by atoms with van der Waals surface area (Å²) in [5, 5.41) is 14.9. The molecule has 2 heterocycles. The van der Waals surface area contributed by atoms with Crippen LogP contribution >= 0.6 is 24.2 Å². The first-order chi connectivity index (χ1) is 25.7. The van der Waals surface area contributed by atoms with Crippen LogP contribution in [0.5, 0.6) is 11.5 Å². The van der Waals surface area contributed by atoms with Gasteiger partial charge in [-0.25, -0.2) is 13.1 Å². The average molecular weight is 786 g/mol. The maximum absolute atomic E-state index is 13.3. The highest BCUT2D eigenvalue weighted by molar-refractivity contribution is 7.99. The number of thioether (sulfide) groups is 1. The number of nitro benzene ring substituents is 1. The van der Waals surface area contributed by atoms with Gasteiger partial charge in [0.1, 0.15) is 17.2 Å². The van der Waals surface area contributed by atoms with Gasteiger partial charge in [-0.1, -0.05) is 54.6 Å². The molecule has 0 aliphatic carbocycles. The Morgan fingerprint density at radius 3 is 2.43 bits per heavy atom. The Morgan fingerprint density at radius 2 is 1.65 bits per heavy atom. The van der Waals surface area contributed by atoms with Crippen molar-refractivity contribution < 1.29 is 22.9 Å². The number of aryl methyl sites for hydroxylation is 1. The van der Waals surface area contributed by atoms with Crippen LogP contribution in [0.15, 0.2) is 131 Å². The highest BCUT2D eigenvalue weighted by Gasteiger charge is 2.33. The number of nitrogens with zero attached hydrogens (tertiary/aromatic N) is 3. The van der Waals surface area contributed by atoms with Crippen LogP contribution in [0.3, 0.4) is 0 Å². The van der Waals surface area contributed by atoms with Gasteiger partial charge in [-0.05, 0) is 79.1 Å². The molecule has 1 fully saturated rings. The van der Waals surface area contributed by atoms with Crippen molar-refractivity contribution in [2.75, 3.05) is 42.1 Å².